The van der Waals surface area contributed by atoms with Gasteiger partial charge in [0.15, 0.2) is 0 Å². The summed E-state index contributed by atoms with van der Waals surface area (Å²) in [6.07, 6.45) is 11.3. The zero-order valence-electron chi connectivity index (χ0n) is 17.3. The van der Waals surface area contributed by atoms with E-state index in [1.807, 2.05) is 30.3 Å². The Morgan fingerprint density at radius 2 is 2.06 bits per heavy atom. The Morgan fingerprint density at radius 1 is 1.26 bits per heavy atom. The highest BCUT2D eigenvalue weighted by atomic mass is 32.1. The number of carbonyl (C=O) groups is 2. The van der Waals surface area contributed by atoms with E-state index < -0.39 is 5.91 Å². The van der Waals surface area contributed by atoms with Gasteiger partial charge in [0.05, 0.1) is 10.7 Å². The van der Waals surface area contributed by atoms with Crippen LogP contribution in [-0.4, -0.2) is 34.8 Å². The monoisotopic (exact) mass is 435 g/mol. The number of hydrogen-bond acceptors (Lipinski definition) is 5. The van der Waals surface area contributed by atoms with Gasteiger partial charge in [0.2, 0.25) is 5.91 Å². The summed E-state index contributed by atoms with van der Waals surface area (Å²) in [6.45, 7) is 4.87. The van der Waals surface area contributed by atoms with Gasteiger partial charge in [-0.25, -0.2) is 4.98 Å². The Balaban J connectivity index is 1.57. The molecule has 1 aliphatic heterocycles. The third kappa shape index (κ3) is 4.77. The highest BCUT2D eigenvalue weighted by molar-refractivity contribution is 7.14. The molecule has 7 heteroatoms. The second-order valence-corrected chi connectivity index (χ2v) is 8.66. The van der Waals surface area contributed by atoms with Crippen LogP contribution in [0, 0.1) is 0 Å². The first kappa shape index (κ1) is 21.1. The summed E-state index contributed by atoms with van der Waals surface area (Å²) >= 11 is 1.32. The van der Waals surface area contributed by atoms with Gasteiger partial charge in [-0.1, -0.05) is 12.7 Å². The van der Waals surface area contributed by atoms with Gasteiger partial charge < -0.3 is 15.4 Å². The van der Waals surface area contributed by atoms with E-state index in [0.717, 1.165) is 54.3 Å². The molecule has 1 atom stereocenters. The number of amides is 2. The number of carbonyl (C=O) groups excluding carboxylic acids is 2. The van der Waals surface area contributed by atoms with Crippen LogP contribution in [0.25, 0.3) is 11.3 Å². The average Bonchev–Trinajstić information content (AvgIpc) is 3.26. The third-order valence-electron chi connectivity index (χ3n) is 5.45. The summed E-state index contributed by atoms with van der Waals surface area (Å²) in [5, 5.41) is 0.836. The Morgan fingerprint density at radius 3 is 2.74 bits per heavy atom. The molecule has 1 aromatic carbocycles. The Hall–Kier alpha value is -3.19. The minimum absolute atomic E-state index is 0.0740. The number of likely N-dealkylation sites (tertiary alicyclic amines) is 1. The van der Waals surface area contributed by atoms with E-state index in [-0.39, 0.29) is 11.8 Å². The molecule has 1 aliphatic carbocycles. The van der Waals surface area contributed by atoms with Gasteiger partial charge in [0, 0.05) is 24.6 Å². The number of aromatic nitrogens is 1. The molecule has 6 nitrogen and oxygen atoms in total. The molecular formula is C24H25N3O3S. The number of benzene rings is 1. The van der Waals surface area contributed by atoms with E-state index >= 15 is 0 Å². The van der Waals surface area contributed by atoms with Crippen molar-refractivity contribution in [2.24, 2.45) is 5.73 Å². The lowest BCUT2D eigenvalue weighted by Crippen LogP contribution is -2.38. The van der Waals surface area contributed by atoms with E-state index in [0.29, 0.717) is 17.1 Å². The van der Waals surface area contributed by atoms with Crippen LogP contribution in [0.15, 0.2) is 60.9 Å². The second kappa shape index (κ2) is 9.31. The normalized spacial score (nSPS) is 18.4. The molecule has 2 aliphatic rings. The van der Waals surface area contributed by atoms with Crippen molar-refractivity contribution in [1.29, 1.82) is 0 Å². The van der Waals surface area contributed by atoms with Crippen LogP contribution in [0.2, 0.25) is 0 Å². The largest absolute Gasteiger partial charge is 0.458 e. The standard InChI is InChI=1S/C24H25N3O3S/c1-2-20(28)27-14-6-7-17(15-27)24-26-21(22(31-24)23(25)29)16-10-12-19(13-11-16)30-18-8-4-3-5-9-18/h2,4,8-13,17H,1,3,5-7,14-15H2,(H2,25,29). The molecule has 1 saturated heterocycles. The Kier molecular flexibility index (Phi) is 6.32. The molecular weight excluding hydrogens is 410 g/mol. The predicted molar refractivity (Wildman–Crippen MR) is 122 cm³/mol. The fourth-order valence-corrected chi connectivity index (χ4v) is 4.93. The molecule has 1 aromatic heterocycles. The van der Waals surface area contributed by atoms with Crippen molar-refractivity contribution in [2.75, 3.05) is 13.1 Å². The van der Waals surface area contributed by atoms with Gasteiger partial charge in [0.1, 0.15) is 16.4 Å². The first-order chi connectivity index (χ1) is 15.0. The fourth-order valence-electron chi connectivity index (χ4n) is 3.86. The van der Waals surface area contributed by atoms with Crippen LogP contribution in [0.5, 0.6) is 5.75 Å². The third-order valence-corrected chi connectivity index (χ3v) is 6.68. The van der Waals surface area contributed by atoms with Crippen molar-refractivity contribution in [3.63, 3.8) is 0 Å². The number of nitrogens with two attached hydrogens (primary N) is 1. The van der Waals surface area contributed by atoms with Crippen molar-refractivity contribution in [3.05, 3.63) is 70.8 Å². The van der Waals surface area contributed by atoms with E-state index in [9.17, 15) is 9.59 Å². The number of primary amides is 1. The van der Waals surface area contributed by atoms with Gasteiger partial charge >= 0.3 is 0 Å². The van der Waals surface area contributed by atoms with E-state index in [1.54, 1.807) is 4.90 Å². The lowest BCUT2D eigenvalue weighted by Gasteiger charge is -2.31. The van der Waals surface area contributed by atoms with Crippen LogP contribution in [-0.2, 0) is 4.79 Å². The van der Waals surface area contributed by atoms with Gasteiger partial charge in [-0.2, -0.15) is 0 Å². The zero-order chi connectivity index (χ0) is 21.8. The second-order valence-electron chi connectivity index (χ2n) is 7.63. The summed E-state index contributed by atoms with van der Waals surface area (Å²) in [5.41, 5.74) is 7.06. The highest BCUT2D eigenvalue weighted by Gasteiger charge is 2.28. The molecule has 0 radical (unpaired) electrons. The first-order valence-corrected chi connectivity index (χ1v) is 11.2. The minimum Gasteiger partial charge on any atom is -0.458 e. The number of piperidine rings is 1. The van der Waals surface area contributed by atoms with Crippen LogP contribution < -0.4 is 10.5 Å². The van der Waals surface area contributed by atoms with Crippen molar-refractivity contribution < 1.29 is 14.3 Å². The zero-order valence-corrected chi connectivity index (χ0v) is 18.1. The number of nitrogens with zero attached hydrogens (tertiary/aromatic N) is 2. The smallest absolute Gasteiger partial charge is 0.261 e. The van der Waals surface area contributed by atoms with Gasteiger partial charge in [-0.15, -0.1) is 11.3 Å². The molecule has 1 unspecified atom stereocenters. The van der Waals surface area contributed by atoms with Gasteiger partial charge in [0.25, 0.3) is 5.91 Å². The lowest BCUT2D eigenvalue weighted by atomic mass is 9.98. The maximum absolute atomic E-state index is 12.1. The first-order valence-electron chi connectivity index (χ1n) is 10.4. The molecule has 2 heterocycles. The van der Waals surface area contributed by atoms with Crippen LogP contribution in [0.1, 0.15) is 46.3 Å². The van der Waals surface area contributed by atoms with Gasteiger partial charge in [-0.05, 0) is 68.2 Å². The number of allylic oxidation sites excluding steroid dienone is 3. The van der Waals surface area contributed by atoms with Crippen molar-refractivity contribution in [1.82, 2.24) is 9.88 Å². The molecule has 2 N–H and O–H groups in total. The number of ether oxygens (including phenoxy) is 1. The molecule has 160 valence electrons. The molecule has 0 bridgehead atoms. The van der Waals surface area contributed by atoms with Crippen molar-refractivity contribution in [3.8, 4) is 17.0 Å². The molecule has 0 spiro atoms. The van der Waals surface area contributed by atoms with Crippen LogP contribution >= 0.6 is 11.3 Å². The van der Waals surface area contributed by atoms with Crippen LogP contribution in [0.4, 0.5) is 0 Å². The summed E-state index contributed by atoms with van der Waals surface area (Å²) < 4.78 is 5.89. The quantitative estimate of drug-likeness (QED) is 0.681. The fraction of sp³-hybridized carbons (Fsp3) is 0.292. The summed E-state index contributed by atoms with van der Waals surface area (Å²) in [5.74, 6) is 1.08. The Labute approximate surface area is 185 Å². The van der Waals surface area contributed by atoms with Crippen molar-refractivity contribution in [2.45, 2.75) is 31.6 Å². The maximum Gasteiger partial charge on any atom is 0.261 e. The molecule has 0 saturated carbocycles. The van der Waals surface area contributed by atoms with E-state index in [1.165, 1.54) is 17.4 Å². The number of thiazole rings is 1. The van der Waals surface area contributed by atoms with Gasteiger partial charge in [-0.3, -0.25) is 9.59 Å². The van der Waals surface area contributed by atoms with Crippen molar-refractivity contribution >= 4 is 23.2 Å². The Bertz CT molecular complexity index is 1050. The predicted octanol–water partition coefficient (Wildman–Crippen LogP) is 4.41. The highest BCUT2D eigenvalue weighted by Crippen LogP contribution is 2.36. The van der Waals surface area contributed by atoms with Crippen LogP contribution in [0.3, 0.4) is 0 Å². The molecule has 31 heavy (non-hydrogen) atoms. The number of hydrogen-bond donors (Lipinski definition) is 1. The molecule has 2 amide bonds. The molecule has 1 fully saturated rings. The molecule has 2 aromatic rings. The summed E-state index contributed by atoms with van der Waals surface area (Å²) in [4.78, 5) is 31.1. The topological polar surface area (TPSA) is 85.5 Å². The van der Waals surface area contributed by atoms with E-state index in [4.69, 9.17) is 15.5 Å². The number of rotatable bonds is 6. The maximum atomic E-state index is 12.1. The summed E-state index contributed by atoms with van der Waals surface area (Å²) in [6, 6.07) is 7.52. The SMILES string of the molecule is C=CC(=O)N1CCCC(c2nc(-c3ccc(OC4=CCCC=C4)cc3)c(C(N)=O)s2)C1. The van der Waals surface area contributed by atoms with E-state index in [2.05, 4.69) is 18.7 Å². The lowest BCUT2D eigenvalue weighted by molar-refractivity contribution is -0.127. The molecule has 4 rings (SSSR count). The summed E-state index contributed by atoms with van der Waals surface area (Å²) in [7, 11) is 0. The average molecular weight is 436 g/mol. The minimum atomic E-state index is -0.494.